The van der Waals surface area contributed by atoms with Gasteiger partial charge < -0.3 is 20.1 Å². The molecule has 2 N–H and O–H groups in total. The Labute approximate surface area is 189 Å². The van der Waals surface area contributed by atoms with Crippen molar-refractivity contribution in [3.63, 3.8) is 0 Å². The van der Waals surface area contributed by atoms with Crippen LogP contribution < -0.4 is 5.73 Å². The molecule has 0 spiro atoms. The first-order chi connectivity index (χ1) is 15.1. The summed E-state index contributed by atoms with van der Waals surface area (Å²) >= 11 is 0. The second-order valence-corrected chi connectivity index (χ2v) is 9.59. The fourth-order valence-corrected chi connectivity index (χ4v) is 4.60. The number of anilines is 1. The van der Waals surface area contributed by atoms with Crippen molar-refractivity contribution < 1.29 is 23.5 Å². The molecule has 0 bridgehead atoms. The van der Waals surface area contributed by atoms with Crippen molar-refractivity contribution in [2.75, 3.05) is 25.9 Å². The smallest absolute Gasteiger partial charge is 0.410 e. The monoisotopic (exact) mass is 447 g/mol. The number of piperidine rings is 1. The number of hydrogen-bond donors (Lipinski definition) is 1. The van der Waals surface area contributed by atoms with Gasteiger partial charge in [0.1, 0.15) is 17.2 Å². The van der Waals surface area contributed by atoms with Gasteiger partial charge in [-0.1, -0.05) is 6.08 Å². The van der Waals surface area contributed by atoms with E-state index in [1.807, 2.05) is 20.8 Å². The summed E-state index contributed by atoms with van der Waals surface area (Å²) in [5.74, 6) is -0.524. The molecule has 8 heteroatoms. The third-order valence-corrected chi connectivity index (χ3v) is 6.18. The third kappa shape index (κ3) is 5.58. The van der Waals surface area contributed by atoms with Crippen LogP contribution in [-0.4, -0.2) is 47.7 Å². The minimum absolute atomic E-state index is 0.0745. The zero-order valence-corrected chi connectivity index (χ0v) is 19.4. The number of nitrogen functional groups attached to an aromatic ring is 1. The number of methoxy groups -OCH3 is 1. The van der Waals surface area contributed by atoms with Crippen LogP contribution in [0, 0.1) is 11.7 Å². The topological polar surface area (TPSA) is 94.8 Å². The zero-order valence-electron chi connectivity index (χ0n) is 19.4. The van der Waals surface area contributed by atoms with Gasteiger partial charge in [-0.05, 0) is 70.8 Å². The lowest BCUT2D eigenvalue weighted by molar-refractivity contribution is -0.145. The van der Waals surface area contributed by atoms with Gasteiger partial charge in [0.15, 0.2) is 0 Å². The zero-order chi connectivity index (χ0) is 23.5. The van der Waals surface area contributed by atoms with E-state index in [1.165, 1.54) is 13.3 Å². The molecule has 1 aliphatic heterocycles. The van der Waals surface area contributed by atoms with Crippen LogP contribution in [0.2, 0.25) is 0 Å². The minimum atomic E-state index is -0.555. The highest BCUT2D eigenvalue weighted by atomic mass is 19.1. The summed E-state index contributed by atoms with van der Waals surface area (Å²) in [6, 6.07) is 0. The number of amides is 1. The molecule has 0 aromatic carbocycles. The first-order valence-electron chi connectivity index (χ1n) is 11.3. The molecule has 2 heterocycles. The minimum Gasteiger partial charge on any atom is -0.469 e. The van der Waals surface area contributed by atoms with E-state index in [0.29, 0.717) is 68.6 Å². The molecule has 1 aliphatic carbocycles. The second-order valence-electron chi connectivity index (χ2n) is 9.59. The molecule has 176 valence electrons. The standard InChI is InChI=1S/C24H34FN3O4/c1-24(2,3)32-23(30)28-12-10-16(11-13-28)19-18(25)14-27-21(26)20(19)15-6-5-7-17(9-8-15)22(29)31-4/h6,14,16-17H,5,7-13H2,1-4H3,(H2,26,27). The maximum absolute atomic E-state index is 15.1. The van der Waals surface area contributed by atoms with E-state index in [9.17, 15) is 9.59 Å². The first-order valence-corrected chi connectivity index (χ1v) is 11.3. The van der Waals surface area contributed by atoms with E-state index in [0.717, 1.165) is 5.57 Å². The first kappa shape index (κ1) is 24.0. The lowest BCUT2D eigenvalue weighted by Gasteiger charge is -2.34. The molecule has 1 aromatic rings. The summed E-state index contributed by atoms with van der Waals surface area (Å²) in [5.41, 5.74) is 7.86. The average Bonchev–Trinajstić information content (AvgIpc) is 2.99. The van der Waals surface area contributed by atoms with Crippen LogP contribution in [-0.2, 0) is 14.3 Å². The van der Waals surface area contributed by atoms with E-state index in [4.69, 9.17) is 15.2 Å². The summed E-state index contributed by atoms with van der Waals surface area (Å²) in [7, 11) is 1.40. The Hall–Kier alpha value is -2.64. The van der Waals surface area contributed by atoms with Gasteiger partial charge in [-0.3, -0.25) is 4.79 Å². The van der Waals surface area contributed by atoms with Crippen molar-refractivity contribution in [3.05, 3.63) is 29.2 Å². The lowest BCUT2D eigenvalue weighted by Crippen LogP contribution is -2.41. The number of esters is 1. The largest absolute Gasteiger partial charge is 0.469 e. The SMILES string of the molecule is COC(=O)C1CCC=C(c2c(N)ncc(F)c2C2CCN(C(=O)OC(C)(C)C)CC2)CC1. The number of ether oxygens (including phenoxy) is 2. The maximum Gasteiger partial charge on any atom is 0.410 e. The van der Waals surface area contributed by atoms with Gasteiger partial charge in [-0.2, -0.15) is 0 Å². The predicted molar refractivity (Wildman–Crippen MR) is 120 cm³/mol. The third-order valence-electron chi connectivity index (χ3n) is 6.18. The molecule has 2 aliphatic rings. The van der Waals surface area contributed by atoms with Crippen molar-refractivity contribution >= 4 is 23.5 Å². The van der Waals surface area contributed by atoms with Gasteiger partial charge in [0.05, 0.1) is 19.2 Å². The van der Waals surface area contributed by atoms with Crippen molar-refractivity contribution in [1.82, 2.24) is 9.88 Å². The molecule has 0 radical (unpaired) electrons. The Morgan fingerprint density at radius 2 is 1.88 bits per heavy atom. The van der Waals surface area contributed by atoms with Crippen LogP contribution in [0.15, 0.2) is 12.3 Å². The van der Waals surface area contributed by atoms with Crippen LogP contribution in [0.4, 0.5) is 15.0 Å². The molecule has 0 saturated carbocycles. The second kappa shape index (κ2) is 9.88. The van der Waals surface area contributed by atoms with Crippen LogP contribution in [0.1, 0.15) is 76.3 Å². The van der Waals surface area contributed by atoms with Gasteiger partial charge in [-0.15, -0.1) is 0 Å². The number of pyridine rings is 1. The highest BCUT2D eigenvalue weighted by Gasteiger charge is 2.32. The van der Waals surface area contributed by atoms with E-state index in [1.54, 1.807) is 4.90 Å². The van der Waals surface area contributed by atoms with E-state index >= 15 is 4.39 Å². The Bertz CT molecular complexity index is 886. The van der Waals surface area contributed by atoms with Crippen molar-refractivity contribution in [2.45, 2.75) is 70.8 Å². The molecular formula is C24H34FN3O4. The maximum atomic E-state index is 15.1. The number of aromatic nitrogens is 1. The van der Waals surface area contributed by atoms with Gasteiger partial charge in [0, 0.05) is 24.2 Å². The summed E-state index contributed by atoms with van der Waals surface area (Å²) in [6.45, 7) is 6.49. The number of hydrogen-bond acceptors (Lipinski definition) is 6. The number of carbonyl (C=O) groups is 2. The summed E-state index contributed by atoms with van der Waals surface area (Å²) in [6.07, 6.45) is 6.76. The average molecular weight is 448 g/mol. The normalized spacial score (nSPS) is 20.3. The van der Waals surface area contributed by atoms with Gasteiger partial charge >= 0.3 is 12.1 Å². The predicted octanol–water partition coefficient (Wildman–Crippen LogP) is 4.66. The number of nitrogens with two attached hydrogens (primary N) is 1. The van der Waals surface area contributed by atoms with Crippen LogP contribution >= 0.6 is 0 Å². The Balaban J connectivity index is 1.79. The van der Waals surface area contributed by atoms with Crippen LogP contribution in [0.25, 0.3) is 5.57 Å². The fourth-order valence-electron chi connectivity index (χ4n) is 4.60. The number of carbonyl (C=O) groups excluding carboxylic acids is 2. The molecular weight excluding hydrogens is 413 g/mol. The van der Waals surface area contributed by atoms with Crippen LogP contribution in [0.5, 0.6) is 0 Å². The number of allylic oxidation sites excluding steroid dienone is 2. The molecule has 32 heavy (non-hydrogen) atoms. The Morgan fingerprint density at radius 3 is 2.50 bits per heavy atom. The van der Waals surface area contributed by atoms with Gasteiger partial charge in [0.25, 0.3) is 0 Å². The Kier molecular flexibility index (Phi) is 7.41. The highest BCUT2D eigenvalue weighted by Crippen LogP contribution is 2.40. The molecule has 7 nitrogen and oxygen atoms in total. The molecule has 1 aromatic heterocycles. The van der Waals surface area contributed by atoms with Crippen LogP contribution in [0.3, 0.4) is 0 Å². The quantitative estimate of drug-likeness (QED) is 0.677. The van der Waals surface area contributed by atoms with E-state index < -0.39 is 5.60 Å². The van der Waals surface area contributed by atoms with Crippen molar-refractivity contribution in [3.8, 4) is 0 Å². The molecule has 1 atom stereocenters. The van der Waals surface area contributed by atoms with Crippen molar-refractivity contribution in [1.29, 1.82) is 0 Å². The molecule has 1 unspecified atom stereocenters. The molecule has 1 fully saturated rings. The summed E-state index contributed by atoms with van der Waals surface area (Å²) in [5, 5.41) is 0. The van der Waals surface area contributed by atoms with Gasteiger partial charge in [-0.25, -0.2) is 14.2 Å². The lowest BCUT2D eigenvalue weighted by atomic mass is 9.83. The number of halogens is 1. The highest BCUT2D eigenvalue weighted by molar-refractivity contribution is 5.78. The summed E-state index contributed by atoms with van der Waals surface area (Å²) in [4.78, 5) is 30.1. The number of nitrogens with zero attached hydrogens (tertiary/aromatic N) is 2. The molecule has 1 amide bonds. The molecule has 1 saturated heterocycles. The van der Waals surface area contributed by atoms with E-state index in [2.05, 4.69) is 11.1 Å². The molecule has 3 rings (SSSR count). The fraction of sp³-hybridized carbons (Fsp3) is 0.625. The van der Waals surface area contributed by atoms with Gasteiger partial charge in [0.2, 0.25) is 0 Å². The summed E-state index contributed by atoms with van der Waals surface area (Å²) < 4.78 is 25.5. The Morgan fingerprint density at radius 1 is 1.19 bits per heavy atom. The van der Waals surface area contributed by atoms with Crippen molar-refractivity contribution in [2.24, 2.45) is 5.92 Å². The van der Waals surface area contributed by atoms with E-state index in [-0.39, 0.29) is 29.7 Å². The number of likely N-dealkylation sites (tertiary alicyclic amines) is 1. The number of rotatable bonds is 3.